The first kappa shape index (κ1) is 23.5. The zero-order valence-corrected chi connectivity index (χ0v) is 20.9. The lowest BCUT2D eigenvalue weighted by molar-refractivity contribution is -0.149. The van der Waals surface area contributed by atoms with E-state index in [1.165, 1.54) is 44.8 Å². The molecular weight excluding hydrogens is 498 g/mol. The molecule has 0 amide bonds. The average molecular weight is 522 g/mol. The Bertz CT molecular complexity index is 1410. The molecule has 0 radical (unpaired) electrons. The zero-order chi connectivity index (χ0) is 24.0. The van der Waals surface area contributed by atoms with Gasteiger partial charge in [0.25, 0.3) is 5.56 Å². The van der Waals surface area contributed by atoms with Crippen molar-refractivity contribution in [2.24, 2.45) is 5.92 Å². The topological polar surface area (TPSA) is 109 Å². The fourth-order valence-electron chi connectivity index (χ4n) is 4.70. The molecule has 0 unspecified atom stereocenters. The first-order valence-electron chi connectivity index (χ1n) is 11.2. The third kappa shape index (κ3) is 4.28. The van der Waals surface area contributed by atoms with Crippen molar-refractivity contribution < 1.29 is 17.9 Å². The summed E-state index contributed by atoms with van der Waals surface area (Å²) in [4.78, 5) is 34.8. The van der Waals surface area contributed by atoms with E-state index in [1.54, 1.807) is 0 Å². The fraction of sp³-hybridized carbons (Fsp3) is 0.435. The lowest BCUT2D eigenvalue weighted by Crippen LogP contribution is -2.41. The Morgan fingerprint density at radius 1 is 1.29 bits per heavy atom. The molecule has 1 aliphatic carbocycles. The molecule has 180 valence electrons. The van der Waals surface area contributed by atoms with Crippen LogP contribution in [0.2, 0.25) is 5.02 Å². The van der Waals surface area contributed by atoms with E-state index in [0.29, 0.717) is 34.0 Å². The van der Waals surface area contributed by atoms with E-state index in [1.807, 2.05) is 0 Å². The number of benzene rings is 1. The number of hydrogen-bond acceptors (Lipinski definition) is 7. The van der Waals surface area contributed by atoms with Crippen LogP contribution in [0.4, 0.5) is 0 Å². The number of hydrogen-bond donors (Lipinski definition) is 1. The quantitative estimate of drug-likeness (QED) is 0.513. The van der Waals surface area contributed by atoms with E-state index in [2.05, 4.69) is 16.9 Å². The second kappa shape index (κ2) is 9.07. The van der Waals surface area contributed by atoms with Gasteiger partial charge in [0.2, 0.25) is 10.0 Å². The molecule has 8 nitrogen and oxygen atoms in total. The summed E-state index contributed by atoms with van der Waals surface area (Å²) in [6, 6.07) is 4.91. The third-order valence-corrected chi connectivity index (χ3v) is 9.78. The highest BCUT2D eigenvalue weighted by atomic mass is 35.5. The monoisotopic (exact) mass is 521 g/mol. The van der Waals surface area contributed by atoms with Crippen molar-refractivity contribution in [2.45, 2.75) is 56.6 Å². The van der Waals surface area contributed by atoms with Crippen LogP contribution >= 0.6 is 22.9 Å². The number of aromatic amines is 1. The number of rotatable bonds is 5. The molecule has 2 aromatic heterocycles. The summed E-state index contributed by atoms with van der Waals surface area (Å²) in [6.45, 7) is 2.20. The predicted molar refractivity (Wildman–Crippen MR) is 130 cm³/mol. The largest absolute Gasteiger partial charge is 0.456 e. The molecule has 3 heterocycles. The minimum Gasteiger partial charge on any atom is -0.456 e. The number of nitrogens with zero attached hydrogens (tertiary/aromatic N) is 2. The minimum absolute atomic E-state index is 0.0732. The Kier molecular flexibility index (Phi) is 6.26. The highest BCUT2D eigenvalue weighted by molar-refractivity contribution is 7.89. The maximum atomic E-state index is 13.1. The van der Waals surface area contributed by atoms with Crippen molar-refractivity contribution in [3.63, 3.8) is 0 Å². The van der Waals surface area contributed by atoms with Gasteiger partial charge in [-0.3, -0.25) is 9.59 Å². The summed E-state index contributed by atoms with van der Waals surface area (Å²) >= 11 is 7.40. The number of aromatic nitrogens is 2. The second-order valence-electron chi connectivity index (χ2n) is 8.88. The molecule has 5 rings (SSSR count). The number of fused-ring (bicyclic) bond motifs is 3. The number of H-pyrrole nitrogens is 1. The molecule has 2 atom stereocenters. The van der Waals surface area contributed by atoms with Gasteiger partial charge in [-0.1, -0.05) is 18.5 Å². The molecule has 0 spiro atoms. The molecule has 1 fully saturated rings. The molecule has 1 saturated heterocycles. The molecule has 2 aliphatic rings. The first-order valence-corrected chi connectivity index (χ1v) is 13.8. The molecule has 0 bridgehead atoms. The molecule has 3 aromatic rings. The number of carbonyl (C=O) groups is 1. The molecule has 1 aromatic carbocycles. The molecular formula is C23H24ClN3O5S2. The number of sulfonamides is 1. The van der Waals surface area contributed by atoms with Gasteiger partial charge in [0, 0.05) is 16.4 Å². The van der Waals surface area contributed by atoms with Crippen molar-refractivity contribution in [3.05, 3.63) is 55.9 Å². The van der Waals surface area contributed by atoms with E-state index in [4.69, 9.17) is 16.3 Å². The van der Waals surface area contributed by atoms with Gasteiger partial charge in [-0.15, -0.1) is 11.3 Å². The molecule has 0 saturated carbocycles. The van der Waals surface area contributed by atoms with Crippen molar-refractivity contribution in [3.8, 4) is 0 Å². The summed E-state index contributed by atoms with van der Waals surface area (Å²) in [7, 11) is -3.87. The predicted octanol–water partition coefficient (Wildman–Crippen LogP) is 3.66. The zero-order valence-electron chi connectivity index (χ0n) is 18.5. The van der Waals surface area contributed by atoms with Crippen LogP contribution in [0.1, 0.15) is 42.5 Å². The fourth-order valence-corrected chi connectivity index (χ4v) is 7.88. The number of halogens is 1. The Morgan fingerprint density at radius 2 is 2.06 bits per heavy atom. The SMILES string of the molecule is C[C@H]1CCc2c(sc3nc(COC(=O)[C@H]4CCCN4S(=O)(=O)c4ccc(Cl)cc4)[nH]c(=O)c23)C1. The molecule has 1 aliphatic heterocycles. The molecule has 1 N–H and O–H groups in total. The van der Waals surface area contributed by atoms with Gasteiger partial charge >= 0.3 is 5.97 Å². The Morgan fingerprint density at radius 3 is 2.82 bits per heavy atom. The van der Waals surface area contributed by atoms with Crippen LogP contribution < -0.4 is 5.56 Å². The van der Waals surface area contributed by atoms with Crippen molar-refractivity contribution in [1.29, 1.82) is 0 Å². The highest BCUT2D eigenvalue weighted by Crippen LogP contribution is 2.35. The van der Waals surface area contributed by atoms with E-state index in [0.717, 1.165) is 24.8 Å². The standard InChI is InChI=1S/C23H24ClN3O5S2/c1-13-4-9-16-18(11-13)33-22-20(16)21(28)25-19(26-22)12-32-23(29)17-3-2-10-27(17)34(30,31)15-7-5-14(24)6-8-15/h5-8,13,17H,2-4,9-12H2,1H3,(H,25,26,28)/t13-,17+/m0/s1. The Labute approximate surface area is 206 Å². The van der Waals surface area contributed by atoms with E-state index in [9.17, 15) is 18.0 Å². The van der Waals surface area contributed by atoms with Crippen LogP contribution in [-0.2, 0) is 39.0 Å². The lowest BCUT2D eigenvalue weighted by Gasteiger charge is -2.22. The van der Waals surface area contributed by atoms with Gasteiger partial charge in [0.1, 0.15) is 23.3 Å². The van der Waals surface area contributed by atoms with Crippen molar-refractivity contribution >= 4 is 49.1 Å². The van der Waals surface area contributed by atoms with Gasteiger partial charge < -0.3 is 9.72 Å². The van der Waals surface area contributed by atoms with Crippen LogP contribution in [0.15, 0.2) is 34.0 Å². The molecule has 34 heavy (non-hydrogen) atoms. The Balaban J connectivity index is 1.32. The smallest absolute Gasteiger partial charge is 0.324 e. The van der Waals surface area contributed by atoms with Crippen LogP contribution in [0.5, 0.6) is 0 Å². The van der Waals surface area contributed by atoms with Gasteiger partial charge in [-0.05, 0) is 67.9 Å². The number of nitrogens with one attached hydrogen (secondary N) is 1. The highest BCUT2D eigenvalue weighted by Gasteiger charge is 2.40. The van der Waals surface area contributed by atoms with Gasteiger partial charge in [0.05, 0.1) is 10.3 Å². The van der Waals surface area contributed by atoms with Gasteiger partial charge in [0.15, 0.2) is 0 Å². The number of aryl methyl sites for hydroxylation is 1. The second-order valence-corrected chi connectivity index (χ2v) is 12.3. The number of ether oxygens (including phenoxy) is 1. The van der Waals surface area contributed by atoms with Crippen LogP contribution in [0.3, 0.4) is 0 Å². The van der Waals surface area contributed by atoms with E-state index in [-0.39, 0.29) is 29.4 Å². The third-order valence-electron chi connectivity index (χ3n) is 6.46. The normalized spacial score (nSPS) is 21.0. The van der Waals surface area contributed by atoms with E-state index < -0.39 is 22.0 Å². The van der Waals surface area contributed by atoms with Gasteiger partial charge in [-0.2, -0.15) is 4.31 Å². The summed E-state index contributed by atoms with van der Waals surface area (Å²) < 4.78 is 32.7. The molecule has 11 heteroatoms. The van der Waals surface area contributed by atoms with Gasteiger partial charge in [-0.25, -0.2) is 13.4 Å². The van der Waals surface area contributed by atoms with E-state index >= 15 is 0 Å². The number of esters is 1. The van der Waals surface area contributed by atoms with Crippen molar-refractivity contribution in [1.82, 2.24) is 14.3 Å². The summed E-state index contributed by atoms with van der Waals surface area (Å²) in [5.74, 6) is 0.179. The number of carbonyl (C=O) groups excluding carboxylic acids is 1. The maximum Gasteiger partial charge on any atom is 0.324 e. The summed E-state index contributed by atoms with van der Waals surface area (Å²) in [6.07, 6.45) is 3.78. The van der Waals surface area contributed by atoms with Crippen LogP contribution in [0, 0.1) is 5.92 Å². The van der Waals surface area contributed by atoms with Crippen LogP contribution in [0.25, 0.3) is 10.2 Å². The van der Waals surface area contributed by atoms with Crippen molar-refractivity contribution in [2.75, 3.05) is 6.54 Å². The number of thiophene rings is 1. The summed E-state index contributed by atoms with van der Waals surface area (Å²) in [5, 5.41) is 1.06. The van der Waals surface area contributed by atoms with Crippen LogP contribution in [-0.4, -0.2) is 41.2 Å². The first-order chi connectivity index (χ1) is 16.2. The Hall–Kier alpha value is -2.27. The summed E-state index contributed by atoms with van der Waals surface area (Å²) in [5.41, 5.74) is 0.861. The minimum atomic E-state index is -3.87. The maximum absolute atomic E-state index is 13.1. The average Bonchev–Trinajstić information content (AvgIpc) is 3.43. The lowest BCUT2D eigenvalue weighted by atomic mass is 9.89.